The lowest BCUT2D eigenvalue weighted by Crippen LogP contribution is -2.11. The van der Waals surface area contributed by atoms with Gasteiger partial charge in [-0.2, -0.15) is 0 Å². The van der Waals surface area contributed by atoms with Gasteiger partial charge in [-0.15, -0.1) is 0 Å². The molecule has 0 aliphatic carbocycles. The van der Waals surface area contributed by atoms with Crippen LogP contribution < -0.4 is 14.2 Å². The monoisotopic (exact) mass is 600 g/mol. The third-order valence-electron chi connectivity index (χ3n) is 7.12. The normalized spacial score (nSPS) is 10.6. The Bertz CT molecular complexity index is 1340. The third-order valence-corrected chi connectivity index (χ3v) is 7.12. The molecule has 0 aliphatic rings. The number of hydrogen-bond acceptors (Lipinski definition) is 7. The SMILES string of the molecule is C=CC(=O)OCCCCOc1ccc(C(=O)Oc2ccc(C(=O)Oc3ccc(CCCCCCCCC)cc3)cc2C)cc1. The quantitative estimate of drug-likeness (QED) is 0.0589. The first-order chi connectivity index (χ1) is 21.4. The Morgan fingerprint density at radius 3 is 1.98 bits per heavy atom. The molecule has 0 bridgehead atoms. The number of carbonyl (C=O) groups is 3. The van der Waals surface area contributed by atoms with Crippen molar-refractivity contribution in [3.63, 3.8) is 0 Å². The summed E-state index contributed by atoms with van der Waals surface area (Å²) in [5.74, 6) is 0.0419. The summed E-state index contributed by atoms with van der Waals surface area (Å²) in [7, 11) is 0. The Balaban J connectivity index is 1.42. The zero-order valence-electron chi connectivity index (χ0n) is 26.0. The van der Waals surface area contributed by atoms with Gasteiger partial charge in [0.25, 0.3) is 0 Å². The van der Waals surface area contributed by atoms with Crippen molar-refractivity contribution >= 4 is 17.9 Å². The van der Waals surface area contributed by atoms with Gasteiger partial charge in [-0.1, -0.05) is 64.2 Å². The van der Waals surface area contributed by atoms with Gasteiger partial charge in [0.15, 0.2) is 0 Å². The van der Waals surface area contributed by atoms with Crippen LogP contribution in [0.1, 0.15) is 96.6 Å². The van der Waals surface area contributed by atoms with Crippen LogP contribution in [-0.2, 0) is 16.0 Å². The maximum Gasteiger partial charge on any atom is 0.343 e. The molecule has 234 valence electrons. The fourth-order valence-corrected chi connectivity index (χ4v) is 4.54. The second-order valence-corrected chi connectivity index (χ2v) is 10.7. The second kappa shape index (κ2) is 19.0. The lowest BCUT2D eigenvalue weighted by molar-refractivity contribution is -0.137. The second-order valence-electron chi connectivity index (χ2n) is 10.7. The molecule has 0 amide bonds. The van der Waals surface area contributed by atoms with Crippen molar-refractivity contribution in [2.24, 2.45) is 0 Å². The van der Waals surface area contributed by atoms with Gasteiger partial charge < -0.3 is 18.9 Å². The first kappa shape index (κ1) is 34.1. The summed E-state index contributed by atoms with van der Waals surface area (Å²) in [6.45, 7) is 8.12. The largest absolute Gasteiger partial charge is 0.494 e. The molecular weight excluding hydrogens is 556 g/mol. The van der Waals surface area contributed by atoms with Crippen molar-refractivity contribution in [3.8, 4) is 17.2 Å². The molecule has 0 N–H and O–H groups in total. The number of aryl methyl sites for hydroxylation is 2. The smallest absolute Gasteiger partial charge is 0.343 e. The molecule has 0 radical (unpaired) electrons. The van der Waals surface area contributed by atoms with Crippen molar-refractivity contribution < 1.29 is 33.3 Å². The molecule has 44 heavy (non-hydrogen) atoms. The fourth-order valence-electron chi connectivity index (χ4n) is 4.54. The first-order valence-electron chi connectivity index (χ1n) is 15.6. The maximum atomic E-state index is 12.8. The first-order valence-corrected chi connectivity index (χ1v) is 15.6. The lowest BCUT2D eigenvalue weighted by atomic mass is 10.0. The van der Waals surface area contributed by atoms with E-state index in [2.05, 4.69) is 13.5 Å². The summed E-state index contributed by atoms with van der Waals surface area (Å²) in [6.07, 6.45) is 12.5. The van der Waals surface area contributed by atoms with E-state index in [-0.39, 0.29) is 0 Å². The Kier molecular flexibility index (Phi) is 14.7. The van der Waals surface area contributed by atoms with Gasteiger partial charge in [-0.3, -0.25) is 0 Å². The molecule has 7 nitrogen and oxygen atoms in total. The Hall–Kier alpha value is -4.39. The van der Waals surface area contributed by atoms with Crippen molar-refractivity contribution in [2.45, 2.75) is 78.1 Å². The zero-order chi connectivity index (χ0) is 31.6. The molecule has 0 aromatic heterocycles. The van der Waals surface area contributed by atoms with E-state index in [1.807, 2.05) is 24.3 Å². The number of rotatable bonds is 19. The molecule has 0 spiro atoms. The van der Waals surface area contributed by atoms with Gasteiger partial charge in [-0.25, -0.2) is 14.4 Å². The topological polar surface area (TPSA) is 88.1 Å². The van der Waals surface area contributed by atoms with Crippen molar-refractivity contribution in [2.75, 3.05) is 13.2 Å². The minimum absolute atomic E-state index is 0.313. The van der Waals surface area contributed by atoms with E-state index in [1.165, 1.54) is 50.5 Å². The third kappa shape index (κ3) is 12.1. The van der Waals surface area contributed by atoms with Crippen LogP contribution in [0.15, 0.2) is 79.4 Å². The number of carbonyl (C=O) groups excluding carboxylic acids is 3. The molecule has 0 saturated carbocycles. The van der Waals surface area contributed by atoms with Crippen LogP contribution in [0.5, 0.6) is 17.2 Å². The molecule has 0 aliphatic heterocycles. The number of hydrogen-bond donors (Lipinski definition) is 0. The molecule has 0 heterocycles. The number of benzene rings is 3. The average molecular weight is 601 g/mol. The zero-order valence-corrected chi connectivity index (χ0v) is 26.0. The average Bonchev–Trinajstić information content (AvgIpc) is 3.04. The predicted molar refractivity (Wildman–Crippen MR) is 172 cm³/mol. The highest BCUT2D eigenvalue weighted by molar-refractivity contribution is 5.93. The van der Waals surface area contributed by atoms with Gasteiger partial charge in [-0.05, 0) is 98.3 Å². The maximum absolute atomic E-state index is 12.8. The standard InChI is InChI=1S/C37H44O7/c1-4-6-7-8-9-10-11-14-29-15-20-33(21-16-29)43-37(40)31-19-24-34(28(3)27-31)44-36(39)30-17-22-32(23-18-30)41-25-12-13-26-42-35(38)5-2/h5,15-24,27H,2,4,6-14,25-26H2,1,3H3. The van der Waals surface area contributed by atoms with Crippen molar-refractivity contribution in [1.29, 1.82) is 0 Å². The van der Waals surface area contributed by atoms with Gasteiger partial charge in [0.05, 0.1) is 24.3 Å². The predicted octanol–water partition coefficient (Wildman–Crippen LogP) is 8.61. The van der Waals surface area contributed by atoms with Crippen LogP contribution in [0.4, 0.5) is 0 Å². The summed E-state index contributed by atoms with van der Waals surface area (Å²) in [5.41, 5.74) is 2.61. The van der Waals surface area contributed by atoms with Gasteiger partial charge in [0, 0.05) is 6.08 Å². The van der Waals surface area contributed by atoms with E-state index >= 15 is 0 Å². The minimum Gasteiger partial charge on any atom is -0.494 e. The van der Waals surface area contributed by atoms with E-state index in [9.17, 15) is 14.4 Å². The number of esters is 3. The van der Waals surface area contributed by atoms with Crippen LogP contribution >= 0.6 is 0 Å². The van der Waals surface area contributed by atoms with E-state index in [0.29, 0.717) is 60.0 Å². The van der Waals surface area contributed by atoms with E-state index in [0.717, 1.165) is 12.5 Å². The molecule has 0 saturated heterocycles. The molecular formula is C37H44O7. The molecule has 0 unspecified atom stereocenters. The molecule has 7 heteroatoms. The van der Waals surface area contributed by atoms with Crippen LogP contribution in [0.2, 0.25) is 0 Å². The lowest BCUT2D eigenvalue weighted by Gasteiger charge is -2.11. The van der Waals surface area contributed by atoms with Gasteiger partial charge in [0.2, 0.25) is 0 Å². The van der Waals surface area contributed by atoms with E-state index in [1.54, 1.807) is 49.4 Å². The van der Waals surface area contributed by atoms with Crippen LogP contribution in [0, 0.1) is 6.92 Å². The molecule has 3 aromatic carbocycles. The number of unbranched alkanes of at least 4 members (excludes halogenated alkanes) is 7. The molecule has 0 atom stereocenters. The summed E-state index contributed by atoms with van der Waals surface area (Å²) in [6, 6.07) is 19.2. The summed E-state index contributed by atoms with van der Waals surface area (Å²) in [4.78, 5) is 36.5. The Labute approximate surface area is 261 Å². The summed E-state index contributed by atoms with van der Waals surface area (Å²) < 4.78 is 21.7. The number of ether oxygens (including phenoxy) is 4. The molecule has 3 aromatic rings. The Morgan fingerprint density at radius 2 is 1.30 bits per heavy atom. The highest BCUT2D eigenvalue weighted by atomic mass is 16.5. The highest BCUT2D eigenvalue weighted by Crippen LogP contribution is 2.23. The summed E-state index contributed by atoms with van der Waals surface area (Å²) in [5, 5.41) is 0. The molecule has 0 fully saturated rings. The van der Waals surface area contributed by atoms with Crippen LogP contribution in [0.25, 0.3) is 0 Å². The Morgan fingerprint density at radius 1 is 0.682 bits per heavy atom. The highest BCUT2D eigenvalue weighted by Gasteiger charge is 2.14. The van der Waals surface area contributed by atoms with E-state index < -0.39 is 17.9 Å². The molecule has 3 rings (SSSR count). The van der Waals surface area contributed by atoms with Crippen molar-refractivity contribution in [1.82, 2.24) is 0 Å². The summed E-state index contributed by atoms with van der Waals surface area (Å²) >= 11 is 0. The van der Waals surface area contributed by atoms with Gasteiger partial charge in [0.1, 0.15) is 17.2 Å². The minimum atomic E-state index is -0.518. The fraction of sp³-hybridized carbons (Fsp3) is 0.378. The van der Waals surface area contributed by atoms with E-state index in [4.69, 9.17) is 18.9 Å². The van der Waals surface area contributed by atoms with Gasteiger partial charge >= 0.3 is 17.9 Å². The van der Waals surface area contributed by atoms with Crippen LogP contribution in [-0.4, -0.2) is 31.1 Å². The van der Waals surface area contributed by atoms with Crippen molar-refractivity contribution in [3.05, 3.63) is 102 Å². The van der Waals surface area contributed by atoms with Crippen LogP contribution in [0.3, 0.4) is 0 Å².